The van der Waals surface area contributed by atoms with Crippen LogP contribution in [0.5, 0.6) is 0 Å². The van der Waals surface area contributed by atoms with Crippen molar-refractivity contribution in [2.24, 2.45) is 5.10 Å². The maximum atomic E-state index is 11.7. The monoisotopic (exact) mass is 314 g/mol. The molecule has 0 spiro atoms. The van der Waals surface area contributed by atoms with E-state index in [1.807, 2.05) is 0 Å². The molecule has 0 saturated heterocycles. The third kappa shape index (κ3) is 1.69. The molecule has 0 atom stereocenters. The number of halogens is 2. The number of carbonyl (C=O) groups excluding carboxylic acids is 1. The number of hydrogen-bond acceptors (Lipinski definition) is 3. The molecule has 0 unspecified atom stereocenters. The molecule has 5 nitrogen and oxygen atoms in total. The van der Waals surface area contributed by atoms with Crippen molar-refractivity contribution in [2.75, 3.05) is 5.73 Å². The minimum atomic E-state index is -0.251. The third-order valence-corrected chi connectivity index (χ3v) is 3.14. The van der Waals surface area contributed by atoms with E-state index in [0.29, 0.717) is 11.3 Å². The lowest BCUT2D eigenvalue weighted by Crippen LogP contribution is -2.16. The quantitative estimate of drug-likeness (QED) is 0.650. The first kappa shape index (κ1) is 11.9. The van der Waals surface area contributed by atoms with Crippen LogP contribution in [-0.2, 0) is 0 Å². The number of benzene rings is 1. The van der Waals surface area contributed by atoms with Gasteiger partial charge in [-0.1, -0.05) is 0 Å². The summed E-state index contributed by atoms with van der Waals surface area (Å²) in [7, 11) is 0. The van der Waals surface area contributed by atoms with E-state index in [2.05, 4.69) is 31.4 Å². The molecular weight excluding hydrogens is 307 g/mol. The first-order valence-electron chi connectivity index (χ1n) is 4.61. The van der Waals surface area contributed by atoms with Crippen LogP contribution >= 0.6 is 28.3 Å². The Kier molecular flexibility index (Phi) is 2.84. The number of amides is 1. The van der Waals surface area contributed by atoms with Crippen molar-refractivity contribution in [1.82, 2.24) is 10.4 Å². The molecule has 2 heterocycles. The van der Waals surface area contributed by atoms with Crippen LogP contribution in [0.4, 0.5) is 5.69 Å². The number of hydrazone groups is 1. The number of nitrogen functional groups attached to an aromatic ring is 1. The lowest BCUT2D eigenvalue weighted by atomic mass is 10.1. The zero-order valence-corrected chi connectivity index (χ0v) is 10.9. The molecule has 1 aliphatic rings. The van der Waals surface area contributed by atoms with E-state index in [1.165, 1.54) is 0 Å². The predicted molar refractivity (Wildman–Crippen MR) is 72.7 cm³/mol. The van der Waals surface area contributed by atoms with Crippen LogP contribution in [0.25, 0.3) is 10.9 Å². The highest BCUT2D eigenvalue weighted by Gasteiger charge is 2.19. The van der Waals surface area contributed by atoms with Gasteiger partial charge in [-0.05, 0) is 28.1 Å². The average Bonchev–Trinajstić information content (AvgIpc) is 2.42. The van der Waals surface area contributed by atoms with Crippen molar-refractivity contribution >= 4 is 57.0 Å². The number of anilines is 1. The van der Waals surface area contributed by atoms with Crippen LogP contribution in [-0.4, -0.2) is 17.1 Å². The van der Waals surface area contributed by atoms with E-state index in [1.54, 1.807) is 18.3 Å². The fraction of sp³-hybridized carbons (Fsp3) is 0. The normalized spacial score (nSPS) is 13.1. The van der Waals surface area contributed by atoms with Gasteiger partial charge in [0.05, 0.1) is 16.4 Å². The van der Waals surface area contributed by atoms with Crippen molar-refractivity contribution in [2.45, 2.75) is 0 Å². The van der Waals surface area contributed by atoms with Gasteiger partial charge >= 0.3 is 0 Å². The summed E-state index contributed by atoms with van der Waals surface area (Å²) >= 11 is 3.39. The van der Waals surface area contributed by atoms with E-state index < -0.39 is 0 Å². The molecule has 3 rings (SSSR count). The first-order valence-corrected chi connectivity index (χ1v) is 5.40. The highest BCUT2D eigenvalue weighted by Crippen LogP contribution is 2.31. The van der Waals surface area contributed by atoms with Crippen LogP contribution in [0.2, 0.25) is 0 Å². The predicted octanol–water partition coefficient (Wildman–Crippen LogP) is 2.01. The average molecular weight is 316 g/mol. The highest BCUT2D eigenvalue weighted by atomic mass is 79.9. The van der Waals surface area contributed by atoms with Crippen molar-refractivity contribution in [3.05, 3.63) is 27.9 Å². The molecule has 88 valence electrons. The second-order valence-corrected chi connectivity index (χ2v) is 4.34. The van der Waals surface area contributed by atoms with Crippen molar-refractivity contribution in [1.29, 1.82) is 0 Å². The number of nitrogens with one attached hydrogen (secondary N) is 2. The Bertz CT molecular complexity index is 649. The lowest BCUT2D eigenvalue weighted by Gasteiger charge is -2.02. The summed E-state index contributed by atoms with van der Waals surface area (Å²) in [6, 6.07) is 3.44. The fourth-order valence-corrected chi connectivity index (χ4v) is 2.38. The number of nitrogens with two attached hydrogens (primary N) is 1. The molecule has 7 heteroatoms. The number of H-pyrrole nitrogens is 1. The van der Waals surface area contributed by atoms with Gasteiger partial charge < -0.3 is 10.7 Å². The molecule has 1 aromatic heterocycles. The van der Waals surface area contributed by atoms with Crippen LogP contribution in [0.15, 0.2) is 21.8 Å². The summed E-state index contributed by atoms with van der Waals surface area (Å²) in [5, 5.41) is 4.67. The molecule has 2 aromatic rings. The number of rotatable bonds is 0. The molecule has 0 saturated carbocycles. The Hall–Kier alpha value is -1.53. The summed E-state index contributed by atoms with van der Waals surface area (Å²) in [5.41, 5.74) is 10.9. The number of hydrogen-bond donors (Lipinski definition) is 3. The lowest BCUT2D eigenvalue weighted by molar-refractivity contribution is 0.0957. The van der Waals surface area contributed by atoms with E-state index in [4.69, 9.17) is 5.73 Å². The minimum absolute atomic E-state index is 0. The minimum Gasteiger partial charge on any atom is -0.399 e. The Balaban J connectivity index is 0.00000108. The Morgan fingerprint density at radius 3 is 2.88 bits per heavy atom. The molecule has 0 aliphatic carbocycles. The van der Waals surface area contributed by atoms with Crippen LogP contribution in [0.3, 0.4) is 0 Å². The maximum absolute atomic E-state index is 11.7. The number of carbonyl (C=O) groups is 1. The summed E-state index contributed by atoms with van der Waals surface area (Å²) in [6.45, 7) is 0. The van der Waals surface area contributed by atoms with Gasteiger partial charge in [-0.25, -0.2) is 5.43 Å². The van der Waals surface area contributed by atoms with E-state index in [-0.39, 0.29) is 18.3 Å². The topological polar surface area (TPSA) is 83.3 Å². The SMILES string of the molecule is Cl.Nc1cc2c3c(c(Br)[nH]c3c1)C=NNC2=O. The molecule has 1 aliphatic heterocycles. The number of aromatic nitrogens is 1. The van der Waals surface area contributed by atoms with Crippen LogP contribution in [0.1, 0.15) is 15.9 Å². The second-order valence-electron chi connectivity index (χ2n) is 3.54. The van der Waals surface area contributed by atoms with Gasteiger partial charge in [0.15, 0.2) is 0 Å². The van der Waals surface area contributed by atoms with Gasteiger partial charge in [-0.2, -0.15) is 5.10 Å². The summed E-state index contributed by atoms with van der Waals surface area (Å²) < 4.78 is 0.787. The van der Waals surface area contributed by atoms with Gasteiger partial charge in [-0.15, -0.1) is 12.4 Å². The van der Waals surface area contributed by atoms with E-state index in [9.17, 15) is 4.79 Å². The summed E-state index contributed by atoms with van der Waals surface area (Å²) in [5.74, 6) is -0.251. The molecule has 0 fully saturated rings. The molecule has 4 N–H and O–H groups in total. The zero-order chi connectivity index (χ0) is 11.3. The Morgan fingerprint density at radius 2 is 2.12 bits per heavy atom. The van der Waals surface area contributed by atoms with E-state index >= 15 is 0 Å². The van der Waals surface area contributed by atoms with Gasteiger partial charge in [0.2, 0.25) is 0 Å². The third-order valence-electron chi connectivity index (χ3n) is 2.52. The zero-order valence-electron chi connectivity index (χ0n) is 8.45. The van der Waals surface area contributed by atoms with Crippen molar-refractivity contribution in [3.63, 3.8) is 0 Å². The summed E-state index contributed by atoms with van der Waals surface area (Å²) in [6.07, 6.45) is 1.60. The van der Waals surface area contributed by atoms with Crippen molar-refractivity contribution in [3.8, 4) is 0 Å². The highest BCUT2D eigenvalue weighted by molar-refractivity contribution is 9.10. The van der Waals surface area contributed by atoms with Crippen LogP contribution in [0, 0.1) is 0 Å². The first-order chi connectivity index (χ1) is 7.66. The molecular formula is C10H8BrClN4O. The van der Waals surface area contributed by atoms with Gasteiger partial charge in [0, 0.05) is 22.2 Å². The van der Waals surface area contributed by atoms with Gasteiger partial charge in [0.25, 0.3) is 5.91 Å². The molecule has 17 heavy (non-hydrogen) atoms. The molecule has 0 radical (unpaired) electrons. The number of aromatic amines is 1. The van der Waals surface area contributed by atoms with E-state index in [0.717, 1.165) is 21.1 Å². The smallest absolute Gasteiger partial charge is 0.272 e. The Labute approximate surface area is 111 Å². The van der Waals surface area contributed by atoms with Gasteiger partial charge in [0.1, 0.15) is 0 Å². The summed E-state index contributed by atoms with van der Waals surface area (Å²) in [4.78, 5) is 14.9. The Morgan fingerprint density at radius 1 is 1.35 bits per heavy atom. The molecule has 0 bridgehead atoms. The molecule has 1 amide bonds. The maximum Gasteiger partial charge on any atom is 0.272 e. The van der Waals surface area contributed by atoms with Crippen molar-refractivity contribution < 1.29 is 4.79 Å². The molecule has 1 aromatic carbocycles. The van der Waals surface area contributed by atoms with Crippen LogP contribution < -0.4 is 11.2 Å². The largest absolute Gasteiger partial charge is 0.399 e. The van der Waals surface area contributed by atoms with Gasteiger partial charge in [-0.3, -0.25) is 4.79 Å². The second kappa shape index (κ2) is 4.05. The standard InChI is InChI=1S/C10H7BrN4O.ClH/c11-9-6-3-13-15-10(16)5-1-4(12)2-7(14-9)8(5)6;/h1-3,14H,12H2,(H,15,16);1H. The number of nitrogens with zero attached hydrogens (tertiary/aromatic N) is 1. The fourth-order valence-electron chi connectivity index (χ4n) is 1.86.